The molecular weight excluding hydrogens is 198 g/mol. The molecule has 1 saturated carbocycles. The summed E-state index contributed by atoms with van der Waals surface area (Å²) in [6.45, 7) is 3.95. The highest BCUT2D eigenvalue weighted by atomic mass is 14.9. The number of hydrogen-bond donors (Lipinski definition) is 1. The summed E-state index contributed by atoms with van der Waals surface area (Å²) in [5.74, 6) is 1.74. The van der Waals surface area contributed by atoms with E-state index in [1.807, 2.05) is 19.2 Å². The number of nitrogens with one attached hydrogen (secondary N) is 1. The van der Waals surface area contributed by atoms with E-state index in [4.69, 9.17) is 0 Å². The van der Waals surface area contributed by atoms with Gasteiger partial charge in [-0.1, -0.05) is 19.3 Å². The van der Waals surface area contributed by atoms with E-state index in [1.165, 1.54) is 32.1 Å². The summed E-state index contributed by atoms with van der Waals surface area (Å²) in [7, 11) is 0. The second kappa shape index (κ2) is 5.94. The van der Waals surface area contributed by atoms with Crippen LogP contribution in [-0.4, -0.2) is 16.5 Å². The minimum absolute atomic E-state index is 0.858. The molecule has 0 bridgehead atoms. The summed E-state index contributed by atoms with van der Waals surface area (Å²) < 4.78 is 0. The molecule has 0 aromatic carbocycles. The first-order chi connectivity index (χ1) is 7.84. The maximum absolute atomic E-state index is 4.38. The van der Waals surface area contributed by atoms with Crippen LogP contribution in [0.15, 0.2) is 12.3 Å². The predicted molar refractivity (Wildman–Crippen MR) is 65.1 cm³/mol. The fourth-order valence-corrected chi connectivity index (χ4v) is 2.40. The third-order valence-corrected chi connectivity index (χ3v) is 3.30. The Hall–Kier alpha value is -0.960. The van der Waals surface area contributed by atoms with Crippen LogP contribution < -0.4 is 5.32 Å². The maximum atomic E-state index is 4.38. The maximum Gasteiger partial charge on any atom is 0.125 e. The molecular formula is C13H21N3. The van der Waals surface area contributed by atoms with Crippen LogP contribution in [0, 0.1) is 12.8 Å². The van der Waals surface area contributed by atoms with E-state index in [-0.39, 0.29) is 0 Å². The predicted octanol–water partition coefficient (Wildman–Crippen LogP) is 2.45. The highest BCUT2D eigenvalue weighted by Crippen LogP contribution is 2.22. The first-order valence-corrected chi connectivity index (χ1v) is 6.34. The Morgan fingerprint density at radius 1 is 1.31 bits per heavy atom. The molecule has 0 spiro atoms. The molecule has 0 saturated heterocycles. The van der Waals surface area contributed by atoms with Crippen LogP contribution in [0.2, 0.25) is 0 Å². The third-order valence-electron chi connectivity index (χ3n) is 3.30. The largest absolute Gasteiger partial charge is 0.311 e. The molecule has 1 aliphatic rings. The van der Waals surface area contributed by atoms with Gasteiger partial charge in [-0.25, -0.2) is 9.97 Å². The average molecular weight is 219 g/mol. The van der Waals surface area contributed by atoms with Crippen molar-refractivity contribution in [3.05, 3.63) is 23.8 Å². The van der Waals surface area contributed by atoms with Gasteiger partial charge in [-0.2, -0.15) is 0 Å². The zero-order valence-electron chi connectivity index (χ0n) is 10.1. The van der Waals surface area contributed by atoms with E-state index in [9.17, 15) is 0 Å². The lowest BCUT2D eigenvalue weighted by Crippen LogP contribution is -2.24. The second-order valence-corrected chi connectivity index (χ2v) is 4.73. The highest BCUT2D eigenvalue weighted by molar-refractivity contribution is 5.00. The van der Waals surface area contributed by atoms with Gasteiger partial charge in [0, 0.05) is 12.7 Å². The van der Waals surface area contributed by atoms with Gasteiger partial charge < -0.3 is 5.32 Å². The summed E-state index contributed by atoms with van der Waals surface area (Å²) in [5.41, 5.74) is 1.10. The van der Waals surface area contributed by atoms with Gasteiger partial charge in [0.2, 0.25) is 0 Å². The number of aryl methyl sites for hydroxylation is 1. The number of hydrogen-bond acceptors (Lipinski definition) is 3. The quantitative estimate of drug-likeness (QED) is 0.845. The van der Waals surface area contributed by atoms with Crippen LogP contribution >= 0.6 is 0 Å². The van der Waals surface area contributed by atoms with Crippen molar-refractivity contribution in [2.45, 2.75) is 45.6 Å². The van der Waals surface area contributed by atoms with Crippen molar-refractivity contribution in [1.82, 2.24) is 15.3 Å². The minimum Gasteiger partial charge on any atom is -0.311 e. The van der Waals surface area contributed by atoms with Crippen molar-refractivity contribution in [3.63, 3.8) is 0 Å². The van der Waals surface area contributed by atoms with Crippen LogP contribution in [0.3, 0.4) is 0 Å². The van der Waals surface area contributed by atoms with E-state index >= 15 is 0 Å². The fraction of sp³-hybridized carbons (Fsp3) is 0.692. The normalized spacial score (nSPS) is 17.6. The Morgan fingerprint density at radius 3 is 2.88 bits per heavy atom. The van der Waals surface area contributed by atoms with E-state index in [1.54, 1.807) is 0 Å². The molecule has 16 heavy (non-hydrogen) atoms. The van der Waals surface area contributed by atoms with Crippen molar-refractivity contribution in [1.29, 1.82) is 0 Å². The number of aromatic nitrogens is 2. The van der Waals surface area contributed by atoms with E-state index < -0.39 is 0 Å². The topological polar surface area (TPSA) is 37.8 Å². The van der Waals surface area contributed by atoms with Crippen molar-refractivity contribution in [3.8, 4) is 0 Å². The Morgan fingerprint density at radius 2 is 2.12 bits per heavy atom. The molecule has 1 aromatic rings. The molecule has 0 aliphatic heterocycles. The lowest BCUT2D eigenvalue weighted by atomic mass is 9.89. The number of rotatable bonds is 4. The summed E-state index contributed by atoms with van der Waals surface area (Å²) in [5, 5.41) is 3.51. The Kier molecular flexibility index (Phi) is 4.28. The van der Waals surface area contributed by atoms with Gasteiger partial charge in [-0.15, -0.1) is 0 Å². The highest BCUT2D eigenvalue weighted by Gasteiger charge is 2.12. The van der Waals surface area contributed by atoms with Gasteiger partial charge in [-0.05, 0) is 38.3 Å². The molecule has 0 unspecified atom stereocenters. The van der Waals surface area contributed by atoms with Crippen LogP contribution in [0.5, 0.6) is 0 Å². The summed E-state index contributed by atoms with van der Waals surface area (Å²) in [6.07, 6.45) is 8.89. The van der Waals surface area contributed by atoms with Gasteiger partial charge in [-0.3, -0.25) is 0 Å². The molecule has 1 N–H and O–H groups in total. The lowest BCUT2D eigenvalue weighted by Gasteiger charge is -2.21. The van der Waals surface area contributed by atoms with Crippen molar-refractivity contribution >= 4 is 0 Å². The Balaban J connectivity index is 1.71. The van der Waals surface area contributed by atoms with Crippen molar-refractivity contribution in [2.24, 2.45) is 5.92 Å². The van der Waals surface area contributed by atoms with Gasteiger partial charge in [0.1, 0.15) is 5.82 Å². The molecule has 3 heteroatoms. The van der Waals surface area contributed by atoms with E-state index in [0.29, 0.717) is 0 Å². The van der Waals surface area contributed by atoms with Crippen LogP contribution in [0.1, 0.15) is 43.6 Å². The van der Waals surface area contributed by atoms with Crippen molar-refractivity contribution in [2.75, 3.05) is 6.54 Å². The summed E-state index contributed by atoms with van der Waals surface area (Å²) in [6, 6.07) is 1.99. The Labute approximate surface area is 97.7 Å². The molecule has 2 rings (SSSR count). The van der Waals surface area contributed by atoms with Gasteiger partial charge >= 0.3 is 0 Å². The minimum atomic E-state index is 0.858. The van der Waals surface area contributed by atoms with Crippen LogP contribution in [0.4, 0.5) is 0 Å². The van der Waals surface area contributed by atoms with E-state index in [2.05, 4.69) is 15.3 Å². The van der Waals surface area contributed by atoms with Crippen molar-refractivity contribution < 1.29 is 0 Å². The van der Waals surface area contributed by atoms with Crippen LogP contribution in [0.25, 0.3) is 0 Å². The zero-order valence-corrected chi connectivity index (χ0v) is 10.1. The second-order valence-electron chi connectivity index (χ2n) is 4.73. The van der Waals surface area contributed by atoms with Gasteiger partial charge in [0.05, 0.1) is 5.69 Å². The molecule has 1 fully saturated rings. The molecule has 0 radical (unpaired) electrons. The molecule has 3 nitrogen and oxygen atoms in total. The monoisotopic (exact) mass is 219 g/mol. The standard InChI is InChI=1S/C13H21N3/c1-11-15-8-7-13(16-11)10-14-9-12-5-3-2-4-6-12/h7-8,12,14H,2-6,9-10H2,1H3. The summed E-state index contributed by atoms with van der Waals surface area (Å²) in [4.78, 5) is 8.48. The average Bonchev–Trinajstić information content (AvgIpc) is 2.30. The van der Waals surface area contributed by atoms with Gasteiger partial charge in [0.25, 0.3) is 0 Å². The molecule has 0 atom stereocenters. The lowest BCUT2D eigenvalue weighted by molar-refractivity contribution is 0.341. The molecule has 1 aliphatic carbocycles. The smallest absolute Gasteiger partial charge is 0.125 e. The first kappa shape index (κ1) is 11.5. The Bertz CT molecular complexity index is 319. The molecule has 0 amide bonds. The fourth-order valence-electron chi connectivity index (χ4n) is 2.40. The molecule has 88 valence electrons. The number of nitrogens with zero attached hydrogens (tertiary/aromatic N) is 2. The van der Waals surface area contributed by atoms with E-state index in [0.717, 1.165) is 30.5 Å². The first-order valence-electron chi connectivity index (χ1n) is 6.34. The third kappa shape index (κ3) is 3.56. The molecule has 1 aromatic heterocycles. The van der Waals surface area contributed by atoms with Crippen LogP contribution in [-0.2, 0) is 6.54 Å². The molecule has 1 heterocycles. The SMILES string of the molecule is Cc1nccc(CNCC2CCCCC2)n1. The zero-order chi connectivity index (χ0) is 11.2. The van der Waals surface area contributed by atoms with Gasteiger partial charge in [0.15, 0.2) is 0 Å². The summed E-state index contributed by atoms with van der Waals surface area (Å²) >= 11 is 0.